The summed E-state index contributed by atoms with van der Waals surface area (Å²) < 4.78 is 5.87. The number of rotatable bonds is 6. The fourth-order valence-corrected chi connectivity index (χ4v) is 1.65. The number of hydrogen-bond acceptors (Lipinski definition) is 2. The van der Waals surface area contributed by atoms with Crippen LogP contribution in [-0.4, -0.2) is 19.2 Å². The summed E-state index contributed by atoms with van der Waals surface area (Å²) in [6, 6.07) is 7.85. The summed E-state index contributed by atoms with van der Waals surface area (Å²) in [5, 5.41) is 4.07. The second kappa shape index (κ2) is 6.89. The standard InChI is InChI=1S/C13H20ClNO/c1-4-15-9-13(16-10(2)3)11-5-7-12(14)8-6-11/h5-8,10,13,15H,4,9H2,1-3H3. The molecule has 0 aliphatic carbocycles. The molecule has 0 heterocycles. The van der Waals surface area contributed by atoms with Gasteiger partial charge in [-0.1, -0.05) is 30.7 Å². The van der Waals surface area contributed by atoms with Gasteiger partial charge in [0.25, 0.3) is 0 Å². The van der Waals surface area contributed by atoms with Gasteiger partial charge in [0.05, 0.1) is 12.2 Å². The van der Waals surface area contributed by atoms with E-state index in [0.29, 0.717) is 0 Å². The van der Waals surface area contributed by atoms with E-state index in [-0.39, 0.29) is 12.2 Å². The average Bonchev–Trinajstić information content (AvgIpc) is 2.25. The molecule has 0 aliphatic rings. The minimum absolute atomic E-state index is 0.0946. The molecule has 0 bridgehead atoms. The van der Waals surface area contributed by atoms with Gasteiger partial charge in [-0.05, 0) is 38.1 Å². The zero-order valence-corrected chi connectivity index (χ0v) is 10.9. The summed E-state index contributed by atoms with van der Waals surface area (Å²) in [7, 11) is 0. The van der Waals surface area contributed by atoms with Crippen molar-refractivity contribution in [1.29, 1.82) is 0 Å². The maximum atomic E-state index is 5.87. The molecule has 16 heavy (non-hydrogen) atoms. The monoisotopic (exact) mass is 241 g/mol. The van der Waals surface area contributed by atoms with Gasteiger partial charge in [-0.2, -0.15) is 0 Å². The molecular weight excluding hydrogens is 222 g/mol. The largest absolute Gasteiger partial charge is 0.370 e. The molecule has 0 aromatic heterocycles. The maximum Gasteiger partial charge on any atom is 0.0952 e. The first kappa shape index (κ1) is 13.5. The quantitative estimate of drug-likeness (QED) is 0.824. The molecular formula is C13H20ClNO. The molecule has 1 rings (SSSR count). The highest BCUT2D eigenvalue weighted by atomic mass is 35.5. The van der Waals surface area contributed by atoms with Gasteiger partial charge >= 0.3 is 0 Å². The van der Waals surface area contributed by atoms with Crippen LogP contribution in [0.2, 0.25) is 5.02 Å². The molecule has 0 saturated carbocycles. The predicted octanol–water partition coefficient (Wildman–Crippen LogP) is 3.42. The summed E-state index contributed by atoms with van der Waals surface area (Å²) in [6.45, 7) is 7.97. The van der Waals surface area contributed by atoms with Crippen LogP contribution in [0.5, 0.6) is 0 Å². The molecule has 2 nitrogen and oxygen atoms in total. The van der Waals surface area contributed by atoms with E-state index in [1.165, 1.54) is 5.56 Å². The Balaban J connectivity index is 2.70. The van der Waals surface area contributed by atoms with E-state index in [4.69, 9.17) is 16.3 Å². The van der Waals surface area contributed by atoms with E-state index in [1.54, 1.807) is 0 Å². The van der Waals surface area contributed by atoms with E-state index >= 15 is 0 Å². The van der Waals surface area contributed by atoms with Crippen LogP contribution in [0.4, 0.5) is 0 Å². The van der Waals surface area contributed by atoms with E-state index in [1.807, 2.05) is 24.3 Å². The second-order valence-corrected chi connectivity index (χ2v) is 4.47. The molecule has 0 fully saturated rings. The molecule has 1 unspecified atom stereocenters. The fraction of sp³-hybridized carbons (Fsp3) is 0.538. The van der Waals surface area contributed by atoms with E-state index in [0.717, 1.165) is 18.1 Å². The van der Waals surface area contributed by atoms with Gasteiger partial charge in [-0.15, -0.1) is 0 Å². The van der Waals surface area contributed by atoms with Crippen molar-refractivity contribution in [3.05, 3.63) is 34.9 Å². The Bertz CT molecular complexity index is 297. The number of ether oxygens (including phenoxy) is 1. The first-order valence-corrected chi connectivity index (χ1v) is 6.13. The zero-order chi connectivity index (χ0) is 12.0. The number of nitrogens with one attached hydrogen (secondary N) is 1. The number of halogens is 1. The van der Waals surface area contributed by atoms with E-state index < -0.39 is 0 Å². The summed E-state index contributed by atoms with van der Waals surface area (Å²) >= 11 is 5.87. The Hall–Kier alpha value is -0.570. The van der Waals surface area contributed by atoms with Crippen LogP contribution in [0.25, 0.3) is 0 Å². The summed E-state index contributed by atoms with van der Waals surface area (Å²) in [5.74, 6) is 0. The maximum absolute atomic E-state index is 5.87. The third-order valence-electron chi connectivity index (χ3n) is 2.26. The third-order valence-corrected chi connectivity index (χ3v) is 2.51. The van der Waals surface area contributed by atoms with Gasteiger partial charge in [0.2, 0.25) is 0 Å². The lowest BCUT2D eigenvalue weighted by Gasteiger charge is -2.21. The lowest BCUT2D eigenvalue weighted by Crippen LogP contribution is -2.25. The van der Waals surface area contributed by atoms with Crippen molar-refractivity contribution in [3.63, 3.8) is 0 Å². The third kappa shape index (κ3) is 4.52. The minimum Gasteiger partial charge on any atom is -0.370 e. The minimum atomic E-state index is 0.0946. The molecule has 1 atom stereocenters. The molecule has 0 saturated heterocycles. The Morgan fingerprint density at radius 2 is 1.88 bits per heavy atom. The van der Waals surface area contributed by atoms with Gasteiger partial charge in [-0.3, -0.25) is 0 Å². The fourth-order valence-electron chi connectivity index (χ4n) is 1.53. The number of likely N-dealkylation sites (N-methyl/N-ethyl adjacent to an activating group) is 1. The van der Waals surface area contributed by atoms with Crippen molar-refractivity contribution < 1.29 is 4.74 Å². The van der Waals surface area contributed by atoms with Crippen molar-refractivity contribution in [3.8, 4) is 0 Å². The highest BCUT2D eigenvalue weighted by molar-refractivity contribution is 6.30. The predicted molar refractivity (Wildman–Crippen MR) is 69.0 cm³/mol. The molecule has 0 amide bonds. The van der Waals surface area contributed by atoms with E-state index in [2.05, 4.69) is 26.1 Å². The number of hydrogen-bond donors (Lipinski definition) is 1. The molecule has 1 N–H and O–H groups in total. The summed E-state index contributed by atoms with van der Waals surface area (Å²) in [4.78, 5) is 0. The normalized spacial score (nSPS) is 13.1. The van der Waals surface area contributed by atoms with Crippen molar-refractivity contribution in [2.24, 2.45) is 0 Å². The summed E-state index contributed by atoms with van der Waals surface area (Å²) in [6.07, 6.45) is 0.316. The van der Waals surface area contributed by atoms with Gasteiger partial charge < -0.3 is 10.1 Å². The van der Waals surface area contributed by atoms with Crippen LogP contribution in [0.3, 0.4) is 0 Å². The van der Waals surface area contributed by atoms with Crippen LogP contribution in [0.15, 0.2) is 24.3 Å². The van der Waals surface area contributed by atoms with Crippen molar-refractivity contribution in [1.82, 2.24) is 5.32 Å². The smallest absolute Gasteiger partial charge is 0.0952 e. The van der Waals surface area contributed by atoms with Gasteiger partial charge in [-0.25, -0.2) is 0 Å². The molecule has 1 aromatic rings. The van der Waals surface area contributed by atoms with Gasteiger partial charge in [0.15, 0.2) is 0 Å². The highest BCUT2D eigenvalue weighted by Gasteiger charge is 2.12. The Morgan fingerprint density at radius 1 is 1.25 bits per heavy atom. The molecule has 0 aliphatic heterocycles. The van der Waals surface area contributed by atoms with Crippen molar-refractivity contribution in [2.75, 3.05) is 13.1 Å². The molecule has 90 valence electrons. The summed E-state index contributed by atoms with van der Waals surface area (Å²) in [5.41, 5.74) is 1.17. The number of benzene rings is 1. The van der Waals surface area contributed by atoms with Crippen molar-refractivity contribution >= 4 is 11.6 Å². The Labute approximate surface area is 103 Å². The van der Waals surface area contributed by atoms with Crippen LogP contribution < -0.4 is 5.32 Å². The van der Waals surface area contributed by atoms with Crippen LogP contribution >= 0.6 is 11.6 Å². The molecule has 1 aromatic carbocycles. The molecule has 0 radical (unpaired) electrons. The van der Waals surface area contributed by atoms with Crippen LogP contribution in [0.1, 0.15) is 32.4 Å². The van der Waals surface area contributed by atoms with Crippen molar-refractivity contribution in [2.45, 2.75) is 33.0 Å². The average molecular weight is 242 g/mol. The van der Waals surface area contributed by atoms with E-state index in [9.17, 15) is 0 Å². The zero-order valence-electron chi connectivity index (χ0n) is 10.2. The first-order valence-electron chi connectivity index (χ1n) is 5.75. The Kier molecular flexibility index (Phi) is 5.81. The Morgan fingerprint density at radius 3 is 2.38 bits per heavy atom. The van der Waals surface area contributed by atoms with Gasteiger partial charge in [0.1, 0.15) is 0 Å². The SMILES string of the molecule is CCNCC(OC(C)C)c1ccc(Cl)cc1. The van der Waals surface area contributed by atoms with Crippen LogP contribution in [-0.2, 0) is 4.74 Å². The topological polar surface area (TPSA) is 21.3 Å². The van der Waals surface area contributed by atoms with Crippen LogP contribution in [0, 0.1) is 0 Å². The lowest BCUT2D eigenvalue weighted by molar-refractivity contribution is 0.00741. The van der Waals surface area contributed by atoms with Gasteiger partial charge in [0, 0.05) is 11.6 Å². The lowest BCUT2D eigenvalue weighted by atomic mass is 10.1. The second-order valence-electron chi connectivity index (χ2n) is 4.03. The molecule has 0 spiro atoms. The molecule has 3 heteroatoms. The highest BCUT2D eigenvalue weighted by Crippen LogP contribution is 2.20. The first-order chi connectivity index (χ1) is 7.63.